The van der Waals surface area contributed by atoms with Gasteiger partial charge < -0.3 is 11.0 Å². The summed E-state index contributed by atoms with van der Waals surface area (Å²) in [5, 5.41) is 0. The van der Waals surface area contributed by atoms with Crippen LogP contribution >= 0.6 is 0 Å². The van der Waals surface area contributed by atoms with Gasteiger partial charge in [-0.2, -0.15) is 0 Å². The van der Waals surface area contributed by atoms with E-state index in [1.807, 2.05) is 0 Å². The van der Waals surface area contributed by atoms with E-state index in [2.05, 4.69) is 0 Å². The van der Waals surface area contributed by atoms with Gasteiger partial charge in [0.05, 0.1) is 0 Å². The SMILES string of the molecule is O.O.[Ti].[Ti].[Zr].[Zr]. The third-order valence-corrected chi connectivity index (χ3v) is 0. The molecule has 0 aromatic carbocycles. The van der Waals surface area contributed by atoms with Gasteiger partial charge in [0, 0.05) is 95.8 Å². The van der Waals surface area contributed by atoms with Gasteiger partial charge in [-0.3, -0.25) is 0 Å². The average molecular weight is 314 g/mol. The maximum Gasteiger partial charge on any atom is 0 e. The van der Waals surface area contributed by atoms with Crippen molar-refractivity contribution >= 4 is 0 Å². The largest absolute Gasteiger partial charge is 0.412 e. The van der Waals surface area contributed by atoms with Crippen molar-refractivity contribution in [2.75, 3.05) is 0 Å². The van der Waals surface area contributed by atoms with Crippen LogP contribution in [0.15, 0.2) is 0 Å². The molecule has 0 heterocycles. The third kappa shape index (κ3) is 27.4. The molecule has 0 saturated heterocycles. The molecule has 0 aliphatic heterocycles. The zero-order chi connectivity index (χ0) is 0. The van der Waals surface area contributed by atoms with Gasteiger partial charge in [0.25, 0.3) is 0 Å². The Morgan fingerprint density at radius 3 is 0.500 bits per heavy atom. The van der Waals surface area contributed by atoms with Crippen LogP contribution in [0.2, 0.25) is 0 Å². The molecule has 0 aromatic heterocycles. The Labute approximate surface area is 105 Å². The molecule has 6 heteroatoms. The molecule has 0 aliphatic carbocycles. The molecule has 0 saturated carbocycles. The second-order valence-electron chi connectivity index (χ2n) is 0. The van der Waals surface area contributed by atoms with Crippen LogP contribution in [-0.2, 0) is 95.8 Å². The van der Waals surface area contributed by atoms with E-state index < -0.39 is 0 Å². The van der Waals surface area contributed by atoms with Crippen molar-refractivity contribution < 1.29 is 107 Å². The average Bonchev–Trinajstić information content (AvgIpc) is 0. The van der Waals surface area contributed by atoms with E-state index >= 15 is 0 Å². The molecule has 0 rings (SSSR count). The summed E-state index contributed by atoms with van der Waals surface area (Å²) >= 11 is 0. The first kappa shape index (κ1) is 61.9. The normalized spacial score (nSPS) is 0. The second kappa shape index (κ2) is 42.3. The predicted octanol–water partition coefficient (Wildman–Crippen LogP) is -1.66. The molecule has 4 N–H and O–H groups in total. The van der Waals surface area contributed by atoms with Crippen molar-refractivity contribution in [3.05, 3.63) is 0 Å². The second-order valence-corrected chi connectivity index (χ2v) is 0. The molecule has 0 fully saturated rings. The summed E-state index contributed by atoms with van der Waals surface area (Å²) in [5.41, 5.74) is 0. The molecule has 32 valence electrons. The van der Waals surface area contributed by atoms with Crippen molar-refractivity contribution in [3.8, 4) is 0 Å². The predicted molar refractivity (Wildman–Crippen MR) is 7.23 cm³/mol. The molecule has 2 nitrogen and oxygen atoms in total. The summed E-state index contributed by atoms with van der Waals surface area (Å²) in [4.78, 5) is 0. The number of hydrogen-bond donors (Lipinski definition) is 0. The molecule has 0 aromatic rings. The van der Waals surface area contributed by atoms with Gasteiger partial charge in [-0.25, -0.2) is 0 Å². The minimum Gasteiger partial charge on any atom is -0.412 e. The van der Waals surface area contributed by atoms with Crippen molar-refractivity contribution in [2.45, 2.75) is 0 Å². The van der Waals surface area contributed by atoms with Crippen LogP contribution in [0.1, 0.15) is 0 Å². The van der Waals surface area contributed by atoms with Gasteiger partial charge in [-0.05, 0) is 0 Å². The molecule has 0 radical (unpaired) electrons. The van der Waals surface area contributed by atoms with Crippen LogP contribution in [0.25, 0.3) is 0 Å². The summed E-state index contributed by atoms with van der Waals surface area (Å²) in [7, 11) is 0. The molecular formula is H4O2Ti2Zr2. The molecule has 0 unspecified atom stereocenters. The summed E-state index contributed by atoms with van der Waals surface area (Å²) in [6, 6.07) is 0. The molecule has 0 spiro atoms. The van der Waals surface area contributed by atoms with Crippen LogP contribution < -0.4 is 0 Å². The van der Waals surface area contributed by atoms with Gasteiger partial charge >= 0.3 is 0 Å². The molecule has 0 atom stereocenters. The third-order valence-electron chi connectivity index (χ3n) is 0. The smallest absolute Gasteiger partial charge is 0 e. The van der Waals surface area contributed by atoms with Crippen molar-refractivity contribution in [1.82, 2.24) is 0 Å². The number of hydrogen-bond acceptors (Lipinski definition) is 0. The maximum absolute atomic E-state index is 0. The fraction of sp³-hybridized carbons (Fsp3) is 0. The topological polar surface area (TPSA) is 63.0 Å². The van der Waals surface area contributed by atoms with E-state index in [4.69, 9.17) is 0 Å². The minimum atomic E-state index is 0. The zero-order valence-electron chi connectivity index (χ0n) is 3.00. The van der Waals surface area contributed by atoms with E-state index in [-0.39, 0.29) is 107 Å². The molecule has 6 heavy (non-hydrogen) atoms. The Morgan fingerprint density at radius 1 is 0.500 bits per heavy atom. The Bertz CT molecular complexity index is 9.51. The molecule has 0 aliphatic rings. The first-order valence-corrected chi connectivity index (χ1v) is 0. The fourth-order valence-corrected chi connectivity index (χ4v) is 0. The van der Waals surface area contributed by atoms with Gasteiger partial charge in [0.1, 0.15) is 0 Å². The van der Waals surface area contributed by atoms with Gasteiger partial charge in [-0.15, -0.1) is 0 Å². The summed E-state index contributed by atoms with van der Waals surface area (Å²) in [6.07, 6.45) is 0. The maximum atomic E-state index is 0. The van der Waals surface area contributed by atoms with Crippen LogP contribution in [0.4, 0.5) is 0 Å². The molecular weight excluding hydrogens is 310 g/mol. The first-order valence-electron chi connectivity index (χ1n) is 0. The summed E-state index contributed by atoms with van der Waals surface area (Å²) in [5.74, 6) is 0. The quantitative estimate of drug-likeness (QED) is 0.481. The van der Waals surface area contributed by atoms with Gasteiger partial charge in [0.2, 0.25) is 0 Å². The van der Waals surface area contributed by atoms with Crippen molar-refractivity contribution in [2.24, 2.45) is 0 Å². The van der Waals surface area contributed by atoms with E-state index in [9.17, 15) is 0 Å². The summed E-state index contributed by atoms with van der Waals surface area (Å²) in [6.45, 7) is 0. The minimum absolute atomic E-state index is 0. The Hall–Kier alpha value is 3.11. The van der Waals surface area contributed by atoms with Crippen LogP contribution in [0.5, 0.6) is 0 Å². The van der Waals surface area contributed by atoms with Crippen LogP contribution in [-0.4, -0.2) is 11.0 Å². The monoisotopic (exact) mass is 312 g/mol. The zero-order valence-corrected chi connectivity index (χ0v) is 11.0. The van der Waals surface area contributed by atoms with E-state index in [0.29, 0.717) is 0 Å². The van der Waals surface area contributed by atoms with Crippen molar-refractivity contribution in [1.29, 1.82) is 0 Å². The standard InChI is InChI=1S/2H2O.2Ti.2Zr/h2*1H2;;;;. The van der Waals surface area contributed by atoms with Gasteiger partial charge in [-0.1, -0.05) is 0 Å². The Balaban J connectivity index is 0. The van der Waals surface area contributed by atoms with Crippen LogP contribution in [0.3, 0.4) is 0 Å². The van der Waals surface area contributed by atoms with E-state index in [0.717, 1.165) is 0 Å². The molecule has 0 amide bonds. The summed E-state index contributed by atoms with van der Waals surface area (Å²) < 4.78 is 0. The molecule has 0 bridgehead atoms. The van der Waals surface area contributed by atoms with Crippen LogP contribution in [0, 0.1) is 0 Å². The van der Waals surface area contributed by atoms with E-state index in [1.54, 1.807) is 0 Å². The Morgan fingerprint density at radius 2 is 0.500 bits per heavy atom. The first-order chi connectivity index (χ1) is 0. The van der Waals surface area contributed by atoms with Crippen molar-refractivity contribution in [3.63, 3.8) is 0 Å². The number of rotatable bonds is 0. The Kier molecular flexibility index (Phi) is 437. The van der Waals surface area contributed by atoms with E-state index in [1.165, 1.54) is 0 Å². The fourth-order valence-electron chi connectivity index (χ4n) is 0. The van der Waals surface area contributed by atoms with Gasteiger partial charge in [0.15, 0.2) is 0 Å².